The fourth-order valence-corrected chi connectivity index (χ4v) is 3.28. The summed E-state index contributed by atoms with van der Waals surface area (Å²) in [4.78, 5) is 12.8. The average Bonchev–Trinajstić information content (AvgIpc) is 3.01. The normalized spacial score (nSPS) is 11.7. The van der Waals surface area contributed by atoms with Crippen molar-refractivity contribution in [2.75, 3.05) is 16.8 Å². The fourth-order valence-electron chi connectivity index (χ4n) is 2.62. The van der Waals surface area contributed by atoms with E-state index in [-0.39, 0.29) is 17.6 Å². The molecule has 0 aliphatic rings. The Labute approximate surface area is 158 Å². The number of unbranched alkanes of at least 4 members (excludes halogenated alkanes) is 1. The number of benzene rings is 1. The third-order valence-electron chi connectivity index (χ3n) is 4.00. The predicted molar refractivity (Wildman–Crippen MR) is 104 cm³/mol. The molecule has 1 heterocycles. The smallest absolute Gasteiger partial charge is 0.247 e. The molecule has 26 heavy (non-hydrogen) atoms. The molecular formula is C18H24N6OS. The minimum absolute atomic E-state index is 0.169. The van der Waals surface area contributed by atoms with Crippen molar-refractivity contribution in [1.82, 2.24) is 14.8 Å². The van der Waals surface area contributed by atoms with Crippen LogP contribution < -0.4 is 11.1 Å². The molecule has 2 rings (SSSR count). The molecule has 1 unspecified atom stereocenters. The molecule has 1 aromatic carbocycles. The van der Waals surface area contributed by atoms with Crippen LogP contribution in [0.3, 0.4) is 0 Å². The van der Waals surface area contributed by atoms with Crippen LogP contribution in [0.25, 0.3) is 0 Å². The number of carbonyl (C=O) groups is 1. The zero-order valence-corrected chi connectivity index (χ0v) is 15.9. The second-order valence-corrected chi connectivity index (χ2v) is 6.81. The minimum atomic E-state index is -0.536. The summed E-state index contributed by atoms with van der Waals surface area (Å²) in [6, 6.07) is 9.40. The maximum Gasteiger partial charge on any atom is 0.247 e. The number of aromatic nitrogens is 3. The first-order valence-electron chi connectivity index (χ1n) is 8.70. The van der Waals surface area contributed by atoms with Gasteiger partial charge in [-0.3, -0.25) is 9.36 Å². The van der Waals surface area contributed by atoms with Gasteiger partial charge in [-0.2, -0.15) is 5.26 Å². The van der Waals surface area contributed by atoms with Crippen LogP contribution in [-0.2, 0) is 11.2 Å². The zero-order valence-electron chi connectivity index (χ0n) is 15.1. The highest BCUT2D eigenvalue weighted by Gasteiger charge is 2.25. The summed E-state index contributed by atoms with van der Waals surface area (Å²) in [5.41, 5.74) is 7.90. The summed E-state index contributed by atoms with van der Waals surface area (Å²) in [6.07, 6.45) is 3.88. The molecule has 0 saturated heterocycles. The van der Waals surface area contributed by atoms with Gasteiger partial charge in [0.15, 0.2) is 5.16 Å². The third kappa shape index (κ3) is 4.99. The lowest BCUT2D eigenvalue weighted by Gasteiger charge is -2.19. The number of nitriles is 1. The zero-order chi connectivity index (χ0) is 18.9. The number of hydrogen-bond donors (Lipinski definition) is 2. The van der Waals surface area contributed by atoms with Crippen LogP contribution in [0, 0.1) is 11.3 Å². The lowest BCUT2D eigenvalue weighted by atomic mass is 10.1. The van der Waals surface area contributed by atoms with Crippen molar-refractivity contribution in [2.45, 2.75) is 50.7 Å². The van der Waals surface area contributed by atoms with Crippen molar-refractivity contribution in [3.63, 3.8) is 0 Å². The first-order valence-corrected chi connectivity index (χ1v) is 9.69. The SMILES string of the molecule is CCCCc1ccc(NC(=O)C(CC)n2c(N)nnc2SCC#N)cc1. The standard InChI is InChI=1S/C18H24N6OS/c1-3-5-6-13-7-9-14(10-8-13)21-16(25)15(4-2)24-17(20)22-23-18(24)26-12-11-19/h7-10,15H,3-6,12H2,1-2H3,(H2,20,22)(H,21,25). The highest BCUT2D eigenvalue weighted by Crippen LogP contribution is 2.26. The molecular weight excluding hydrogens is 348 g/mol. The topological polar surface area (TPSA) is 110 Å². The number of hydrogen-bond acceptors (Lipinski definition) is 6. The average molecular weight is 372 g/mol. The van der Waals surface area contributed by atoms with Crippen molar-refractivity contribution >= 4 is 29.3 Å². The van der Waals surface area contributed by atoms with E-state index in [1.54, 1.807) is 4.57 Å². The van der Waals surface area contributed by atoms with Crippen molar-refractivity contribution in [1.29, 1.82) is 5.26 Å². The van der Waals surface area contributed by atoms with Gasteiger partial charge in [-0.25, -0.2) is 0 Å². The monoisotopic (exact) mass is 372 g/mol. The Bertz CT molecular complexity index is 765. The van der Waals surface area contributed by atoms with Crippen LogP contribution in [0.15, 0.2) is 29.4 Å². The molecule has 1 amide bonds. The number of nitrogens with two attached hydrogens (primary N) is 1. The molecule has 1 atom stereocenters. The second kappa shape index (κ2) is 9.82. The first-order chi connectivity index (χ1) is 12.6. The van der Waals surface area contributed by atoms with Gasteiger partial charge in [0.1, 0.15) is 6.04 Å². The largest absolute Gasteiger partial charge is 0.368 e. The summed E-state index contributed by atoms with van der Waals surface area (Å²) < 4.78 is 1.59. The van der Waals surface area contributed by atoms with E-state index < -0.39 is 6.04 Å². The van der Waals surface area contributed by atoms with Gasteiger partial charge in [-0.15, -0.1) is 10.2 Å². The Morgan fingerprint density at radius 1 is 1.35 bits per heavy atom. The number of nitrogens with zero attached hydrogens (tertiary/aromatic N) is 4. The van der Waals surface area contributed by atoms with Gasteiger partial charge in [0.05, 0.1) is 11.8 Å². The van der Waals surface area contributed by atoms with Gasteiger partial charge in [-0.1, -0.05) is 44.2 Å². The van der Waals surface area contributed by atoms with Crippen LogP contribution in [0.5, 0.6) is 0 Å². The molecule has 3 N–H and O–H groups in total. The summed E-state index contributed by atoms with van der Waals surface area (Å²) in [5.74, 6) is 0.205. The molecule has 0 bridgehead atoms. The Morgan fingerprint density at radius 2 is 2.08 bits per heavy atom. The Kier molecular flexibility index (Phi) is 7.48. The molecule has 2 aromatic rings. The summed E-state index contributed by atoms with van der Waals surface area (Å²) in [7, 11) is 0. The molecule has 0 aliphatic heterocycles. The van der Waals surface area contributed by atoms with Crippen molar-refractivity contribution < 1.29 is 4.79 Å². The minimum Gasteiger partial charge on any atom is -0.368 e. The third-order valence-corrected chi connectivity index (χ3v) is 4.81. The van der Waals surface area contributed by atoms with E-state index in [0.29, 0.717) is 11.6 Å². The number of rotatable bonds is 9. The lowest BCUT2D eigenvalue weighted by Crippen LogP contribution is -2.27. The van der Waals surface area contributed by atoms with E-state index in [1.807, 2.05) is 37.3 Å². The van der Waals surface area contributed by atoms with E-state index in [2.05, 4.69) is 22.4 Å². The molecule has 0 spiro atoms. The lowest BCUT2D eigenvalue weighted by molar-refractivity contribution is -0.119. The highest BCUT2D eigenvalue weighted by atomic mass is 32.2. The van der Waals surface area contributed by atoms with E-state index in [1.165, 1.54) is 17.3 Å². The molecule has 138 valence electrons. The molecule has 7 nitrogen and oxygen atoms in total. The predicted octanol–water partition coefficient (Wildman–Crippen LogP) is 3.41. The van der Waals surface area contributed by atoms with E-state index in [4.69, 9.17) is 11.0 Å². The van der Waals surface area contributed by atoms with Gasteiger partial charge in [-0.05, 0) is 37.0 Å². The van der Waals surface area contributed by atoms with Gasteiger partial charge >= 0.3 is 0 Å². The van der Waals surface area contributed by atoms with Crippen LogP contribution in [0.1, 0.15) is 44.7 Å². The van der Waals surface area contributed by atoms with Crippen LogP contribution in [0.2, 0.25) is 0 Å². The molecule has 0 fully saturated rings. The number of thioether (sulfide) groups is 1. The quantitative estimate of drug-likeness (QED) is 0.653. The number of aryl methyl sites for hydroxylation is 1. The Morgan fingerprint density at radius 3 is 2.69 bits per heavy atom. The maximum atomic E-state index is 12.8. The summed E-state index contributed by atoms with van der Waals surface area (Å²) in [6.45, 7) is 4.07. The molecule has 0 radical (unpaired) electrons. The first kappa shape index (κ1) is 19.8. The summed E-state index contributed by atoms with van der Waals surface area (Å²) >= 11 is 1.21. The molecule has 1 aromatic heterocycles. The number of carbonyl (C=O) groups excluding carboxylic acids is 1. The van der Waals surface area contributed by atoms with Crippen molar-refractivity contribution in [2.24, 2.45) is 0 Å². The highest BCUT2D eigenvalue weighted by molar-refractivity contribution is 7.99. The van der Waals surface area contributed by atoms with Crippen molar-refractivity contribution in [3.05, 3.63) is 29.8 Å². The van der Waals surface area contributed by atoms with Crippen molar-refractivity contribution in [3.8, 4) is 6.07 Å². The number of nitrogens with one attached hydrogen (secondary N) is 1. The van der Waals surface area contributed by atoms with Crippen LogP contribution in [-0.4, -0.2) is 26.4 Å². The van der Waals surface area contributed by atoms with Gasteiger partial charge in [0.2, 0.25) is 11.9 Å². The molecule has 0 saturated carbocycles. The van der Waals surface area contributed by atoms with E-state index in [0.717, 1.165) is 24.9 Å². The second-order valence-electron chi connectivity index (χ2n) is 5.87. The van der Waals surface area contributed by atoms with Gasteiger partial charge < -0.3 is 11.1 Å². The number of amides is 1. The maximum absolute atomic E-state index is 12.8. The molecule has 0 aliphatic carbocycles. The Balaban J connectivity index is 2.12. The van der Waals surface area contributed by atoms with Crippen LogP contribution in [0.4, 0.5) is 11.6 Å². The van der Waals surface area contributed by atoms with Gasteiger partial charge in [0, 0.05) is 5.69 Å². The van der Waals surface area contributed by atoms with E-state index >= 15 is 0 Å². The van der Waals surface area contributed by atoms with E-state index in [9.17, 15) is 4.79 Å². The van der Waals surface area contributed by atoms with Crippen LogP contribution >= 0.6 is 11.8 Å². The molecule has 8 heteroatoms. The van der Waals surface area contributed by atoms with Gasteiger partial charge in [0.25, 0.3) is 0 Å². The Hall–Kier alpha value is -2.53. The fraction of sp³-hybridized carbons (Fsp3) is 0.444. The summed E-state index contributed by atoms with van der Waals surface area (Å²) in [5, 5.41) is 20.0. The number of nitrogen functional groups attached to an aromatic ring is 1. The number of anilines is 2.